The highest BCUT2D eigenvalue weighted by Crippen LogP contribution is 2.39. The molecule has 27 heavy (non-hydrogen) atoms. The summed E-state index contributed by atoms with van der Waals surface area (Å²) in [6.45, 7) is 2.19. The lowest BCUT2D eigenvalue weighted by Crippen LogP contribution is -1.83. The first kappa shape index (κ1) is 15.9. The second-order valence-corrected chi connectivity index (χ2v) is 6.89. The van der Waals surface area contributed by atoms with Gasteiger partial charge in [0.1, 0.15) is 11.2 Å². The molecule has 0 saturated carbocycles. The Kier molecular flexibility index (Phi) is 3.79. The normalized spacial score (nSPS) is 11.3. The van der Waals surface area contributed by atoms with E-state index in [0.717, 1.165) is 28.7 Å². The summed E-state index contributed by atoms with van der Waals surface area (Å²) in [7, 11) is 0. The van der Waals surface area contributed by atoms with E-state index in [4.69, 9.17) is 4.42 Å². The second kappa shape index (κ2) is 6.44. The van der Waals surface area contributed by atoms with Gasteiger partial charge in [0.25, 0.3) is 0 Å². The molecule has 0 N–H and O–H groups in total. The summed E-state index contributed by atoms with van der Waals surface area (Å²) in [6, 6.07) is 32.0. The zero-order chi connectivity index (χ0) is 18.2. The summed E-state index contributed by atoms with van der Waals surface area (Å²) < 4.78 is 6.50. The third kappa shape index (κ3) is 2.63. The van der Waals surface area contributed by atoms with Crippen LogP contribution in [0.25, 0.3) is 44.2 Å². The Morgan fingerprint density at radius 3 is 1.85 bits per heavy atom. The molecule has 0 spiro atoms. The minimum atomic E-state index is 0.956. The van der Waals surface area contributed by atoms with Gasteiger partial charge in [0, 0.05) is 21.9 Å². The summed E-state index contributed by atoms with van der Waals surface area (Å²) in [4.78, 5) is 0. The monoisotopic (exact) mass is 348 g/mol. The maximum atomic E-state index is 6.50. The van der Waals surface area contributed by atoms with Crippen LogP contribution >= 0.6 is 0 Å². The molecule has 4 aromatic carbocycles. The average Bonchev–Trinajstić information content (AvgIpc) is 3.13. The molecule has 0 radical (unpaired) electrons. The van der Waals surface area contributed by atoms with Gasteiger partial charge in [-0.2, -0.15) is 0 Å². The molecule has 1 heterocycles. The number of aryl methyl sites for hydroxylation is 1. The highest BCUT2D eigenvalue weighted by Gasteiger charge is 2.15. The van der Waals surface area contributed by atoms with Crippen molar-refractivity contribution in [2.24, 2.45) is 0 Å². The van der Waals surface area contributed by atoms with Crippen molar-refractivity contribution in [1.82, 2.24) is 0 Å². The van der Waals surface area contributed by atoms with Gasteiger partial charge in [-0.3, -0.25) is 0 Å². The van der Waals surface area contributed by atoms with E-state index in [-0.39, 0.29) is 0 Å². The lowest BCUT2D eigenvalue weighted by Gasteiger charge is -2.05. The lowest BCUT2D eigenvalue weighted by atomic mass is 9.99. The summed E-state index contributed by atoms with van der Waals surface area (Å²) in [5.41, 5.74) is 7.93. The van der Waals surface area contributed by atoms with Crippen molar-refractivity contribution in [2.75, 3.05) is 0 Å². The van der Waals surface area contributed by atoms with Crippen LogP contribution in [0.2, 0.25) is 0 Å². The standard InChI is InChI=1S/C26H20O/c1-2-18-9-6-12-20(17-18)22-14-8-16-24-23-15-7-13-21(25(23)27-26(22)24)19-10-4-3-5-11-19/h3-17H,2H2,1H3. The highest BCUT2D eigenvalue weighted by molar-refractivity contribution is 6.12. The molecule has 0 bridgehead atoms. The van der Waals surface area contributed by atoms with E-state index < -0.39 is 0 Å². The summed E-state index contributed by atoms with van der Waals surface area (Å²) >= 11 is 0. The molecule has 1 nitrogen and oxygen atoms in total. The maximum Gasteiger partial charge on any atom is 0.143 e. The second-order valence-electron chi connectivity index (χ2n) is 6.89. The first-order chi connectivity index (χ1) is 13.3. The van der Waals surface area contributed by atoms with Crippen LogP contribution in [0.3, 0.4) is 0 Å². The quantitative estimate of drug-likeness (QED) is 0.329. The molecule has 0 amide bonds. The Morgan fingerprint density at radius 2 is 1.19 bits per heavy atom. The molecular weight excluding hydrogens is 328 g/mol. The molecule has 5 rings (SSSR count). The first-order valence-electron chi connectivity index (χ1n) is 9.44. The number of furan rings is 1. The molecule has 1 aromatic heterocycles. The van der Waals surface area contributed by atoms with Crippen LogP contribution in [0.5, 0.6) is 0 Å². The number of benzene rings is 4. The van der Waals surface area contributed by atoms with Gasteiger partial charge in [0.05, 0.1) is 0 Å². The lowest BCUT2D eigenvalue weighted by molar-refractivity contribution is 0.671. The Bertz CT molecular complexity index is 1250. The molecule has 0 aliphatic heterocycles. The van der Waals surface area contributed by atoms with E-state index in [1.807, 2.05) is 6.07 Å². The van der Waals surface area contributed by atoms with Crippen LogP contribution < -0.4 is 0 Å². The van der Waals surface area contributed by atoms with Crippen molar-refractivity contribution >= 4 is 21.9 Å². The largest absolute Gasteiger partial charge is 0.455 e. The van der Waals surface area contributed by atoms with Gasteiger partial charge in [-0.1, -0.05) is 97.9 Å². The van der Waals surface area contributed by atoms with Crippen LogP contribution in [0.15, 0.2) is 95.4 Å². The Balaban J connectivity index is 1.81. The Hall–Kier alpha value is -3.32. The van der Waals surface area contributed by atoms with Crippen molar-refractivity contribution in [3.63, 3.8) is 0 Å². The van der Waals surface area contributed by atoms with Crippen molar-refractivity contribution in [2.45, 2.75) is 13.3 Å². The molecule has 1 heteroatoms. The third-order valence-corrected chi connectivity index (χ3v) is 5.26. The van der Waals surface area contributed by atoms with Crippen LogP contribution in [-0.4, -0.2) is 0 Å². The molecule has 0 unspecified atom stereocenters. The zero-order valence-electron chi connectivity index (χ0n) is 15.3. The number of hydrogen-bond acceptors (Lipinski definition) is 1. The zero-order valence-corrected chi connectivity index (χ0v) is 15.3. The van der Waals surface area contributed by atoms with E-state index in [2.05, 4.69) is 91.9 Å². The fraction of sp³-hybridized carbons (Fsp3) is 0.0769. The van der Waals surface area contributed by atoms with E-state index in [0.29, 0.717) is 0 Å². The van der Waals surface area contributed by atoms with Gasteiger partial charge >= 0.3 is 0 Å². The smallest absolute Gasteiger partial charge is 0.143 e. The van der Waals surface area contributed by atoms with Crippen LogP contribution in [0.1, 0.15) is 12.5 Å². The summed E-state index contributed by atoms with van der Waals surface area (Å²) in [6.07, 6.45) is 1.03. The van der Waals surface area contributed by atoms with Crippen molar-refractivity contribution in [3.05, 3.63) is 96.6 Å². The number of fused-ring (bicyclic) bond motifs is 3. The van der Waals surface area contributed by atoms with Crippen molar-refractivity contribution < 1.29 is 4.42 Å². The van der Waals surface area contributed by atoms with Gasteiger partial charge in [0.2, 0.25) is 0 Å². The Labute approximate surface area is 158 Å². The van der Waals surface area contributed by atoms with E-state index in [9.17, 15) is 0 Å². The number of hydrogen-bond donors (Lipinski definition) is 0. The Morgan fingerprint density at radius 1 is 0.593 bits per heavy atom. The summed E-state index contributed by atoms with van der Waals surface area (Å²) in [5.74, 6) is 0. The van der Waals surface area contributed by atoms with E-state index >= 15 is 0 Å². The number of para-hydroxylation sites is 2. The van der Waals surface area contributed by atoms with Gasteiger partial charge in [0.15, 0.2) is 0 Å². The molecule has 130 valence electrons. The first-order valence-corrected chi connectivity index (χ1v) is 9.44. The minimum Gasteiger partial charge on any atom is -0.455 e. The average molecular weight is 348 g/mol. The predicted molar refractivity (Wildman–Crippen MR) is 114 cm³/mol. The third-order valence-electron chi connectivity index (χ3n) is 5.26. The molecule has 0 saturated heterocycles. The molecular formula is C26H20O. The van der Waals surface area contributed by atoms with E-state index in [1.165, 1.54) is 27.5 Å². The molecule has 0 aliphatic carbocycles. The number of rotatable bonds is 3. The SMILES string of the molecule is CCc1cccc(-c2cccc3c2oc2c(-c4ccccc4)cccc23)c1. The van der Waals surface area contributed by atoms with Gasteiger partial charge < -0.3 is 4.42 Å². The molecule has 5 aromatic rings. The van der Waals surface area contributed by atoms with Crippen molar-refractivity contribution in [1.29, 1.82) is 0 Å². The minimum absolute atomic E-state index is 0.956. The fourth-order valence-corrected chi connectivity index (χ4v) is 3.85. The molecule has 0 aliphatic rings. The summed E-state index contributed by atoms with van der Waals surface area (Å²) in [5, 5.41) is 2.34. The fourth-order valence-electron chi connectivity index (χ4n) is 3.85. The molecule has 0 atom stereocenters. The maximum absolute atomic E-state index is 6.50. The molecule has 0 fully saturated rings. The van der Waals surface area contributed by atoms with Crippen LogP contribution in [-0.2, 0) is 6.42 Å². The van der Waals surface area contributed by atoms with Crippen LogP contribution in [0, 0.1) is 0 Å². The predicted octanol–water partition coefficient (Wildman–Crippen LogP) is 7.48. The highest BCUT2D eigenvalue weighted by atomic mass is 16.3. The van der Waals surface area contributed by atoms with Gasteiger partial charge in [-0.15, -0.1) is 0 Å². The van der Waals surface area contributed by atoms with Crippen LogP contribution in [0.4, 0.5) is 0 Å². The van der Waals surface area contributed by atoms with Gasteiger partial charge in [-0.05, 0) is 23.1 Å². The van der Waals surface area contributed by atoms with E-state index in [1.54, 1.807) is 0 Å². The van der Waals surface area contributed by atoms with Gasteiger partial charge in [-0.25, -0.2) is 0 Å². The van der Waals surface area contributed by atoms with Crippen molar-refractivity contribution in [3.8, 4) is 22.3 Å². The topological polar surface area (TPSA) is 13.1 Å².